The molecule has 0 saturated heterocycles. The monoisotopic (exact) mass is 321 g/mol. The maximum absolute atomic E-state index is 12.0. The van der Waals surface area contributed by atoms with Crippen LogP contribution in [0.3, 0.4) is 0 Å². The molecule has 1 rings (SSSR count). The highest BCUT2D eigenvalue weighted by atomic mass is 35.5. The second kappa shape index (κ2) is 8.08. The summed E-state index contributed by atoms with van der Waals surface area (Å²) in [6.07, 6.45) is 1.72. The van der Waals surface area contributed by atoms with Gasteiger partial charge in [-0.15, -0.1) is 12.4 Å². The van der Waals surface area contributed by atoms with Crippen LogP contribution in [0.25, 0.3) is 0 Å². The van der Waals surface area contributed by atoms with E-state index in [9.17, 15) is 13.2 Å². The van der Waals surface area contributed by atoms with Gasteiger partial charge in [0.1, 0.15) is 0 Å². The topological polar surface area (TPSA) is 101 Å². The first-order valence-corrected chi connectivity index (χ1v) is 7.79. The Bertz CT molecular complexity index is 561. The Labute approximate surface area is 125 Å². The summed E-state index contributed by atoms with van der Waals surface area (Å²) in [5.74, 6) is -0.316. The van der Waals surface area contributed by atoms with Crippen molar-refractivity contribution in [2.24, 2.45) is 5.73 Å². The van der Waals surface area contributed by atoms with E-state index in [4.69, 9.17) is 5.73 Å². The molecule has 4 N–H and O–H groups in total. The Kier molecular flexibility index (Phi) is 7.55. The molecular formula is C12H20ClN3O3S. The first kappa shape index (κ1) is 18.7. The summed E-state index contributed by atoms with van der Waals surface area (Å²) in [5, 5.41) is 2.70. The largest absolute Gasteiger partial charge is 0.352 e. The third-order valence-electron chi connectivity index (χ3n) is 2.38. The predicted octanol–water partition coefficient (Wildman–Crippen LogP) is 0.867. The zero-order chi connectivity index (χ0) is 14.5. The summed E-state index contributed by atoms with van der Waals surface area (Å²) in [5.41, 5.74) is 6.81. The van der Waals surface area contributed by atoms with Gasteiger partial charge >= 0.3 is 0 Å². The summed E-state index contributed by atoms with van der Waals surface area (Å²) in [6.45, 7) is 2.78. The summed E-state index contributed by atoms with van der Waals surface area (Å²) in [4.78, 5) is 12.0. The molecule has 114 valence electrons. The molecule has 0 heterocycles. The Morgan fingerprint density at radius 3 is 2.55 bits per heavy atom. The second-order valence-electron chi connectivity index (χ2n) is 4.32. The van der Waals surface area contributed by atoms with Crippen molar-refractivity contribution >= 4 is 34.0 Å². The Morgan fingerprint density at radius 2 is 2.00 bits per heavy atom. The highest BCUT2D eigenvalue weighted by molar-refractivity contribution is 7.92. The number of halogens is 1. The van der Waals surface area contributed by atoms with Gasteiger partial charge < -0.3 is 11.1 Å². The Hall–Kier alpha value is -1.31. The molecule has 20 heavy (non-hydrogen) atoms. The van der Waals surface area contributed by atoms with Crippen molar-refractivity contribution in [3.8, 4) is 0 Å². The van der Waals surface area contributed by atoms with Gasteiger partial charge in [0.05, 0.1) is 17.5 Å². The smallest absolute Gasteiger partial charge is 0.253 e. The SMILES string of the molecule is Cc1ccc(NS(C)(=O)=O)c(C(=O)NCCCN)c1.Cl. The normalized spacial score (nSPS) is 10.6. The molecule has 0 unspecified atom stereocenters. The lowest BCUT2D eigenvalue weighted by molar-refractivity contribution is 0.0954. The van der Waals surface area contributed by atoms with Crippen LogP contribution in [0.1, 0.15) is 22.3 Å². The van der Waals surface area contributed by atoms with Crippen molar-refractivity contribution in [2.45, 2.75) is 13.3 Å². The number of rotatable bonds is 6. The number of nitrogens with two attached hydrogens (primary N) is 1. The maximum atomic E-state index is 12.0. The average molecular weight is 322 g/mol. The van der Waals surface area contributed by atoms with Crippen LogP contribution >= 0.6 is 12.4 Å². The minimum Gasteiger partial charge on any atom is -0.352 e. The first-order chi connectivity index (χ1) is 8.83. The fourth-order valence-corrected chi connectivity index (χ4v) is 2.11. The summed E-state index contributed by atoms with van der Waals surface area (Å²) < 4.78 is 24.9. The van der Waals surface area contributed by atoms with E-state index in [1.54, 1.807) is 18.2 Å². The summed E-state index contributed by atoms with van der Waals surface area (Å²) >= 11 is 0. The van der Waals surface area contributed by atoms with E-state index in [-0.39, 0.29) is 24.0 Å². The van der Waals surface area contributed by atoms with Gasteiger partial charge in [0, 0.05) is 6.54 Å². The van der Waals surface area contributed by atoms with E-state index in [0.717, 1.165) is 11.8 Å². The molecule has 0 aliphatic carbocycles. The van der Waals surface area contributed by atoms with E-state index in [1.165, 1.54) is 0 Å². The van der Waals surface area contributed by atoms with Gasteiger partial charge in [-0.2, -0.15) is 0 Å². The lowest BCUT2D eigenvalue weighted by Gasteiger charge is -2.11. The molecule has 0 radical (unpaired) electrons. The third-order valence-corrected chi connectivity index (χ3v) is 2.97. The number of nitrogens with one attached hydrogen (secondary N) is 2. The average Bonchev–Trinajstić information content (AvgIpc) is 2.30. The molecule has 6 nitrogen and oxygen atoms in total. The van der Waals surface area contributed by atoms with Gasteiger partial charge in [-0.05, 0) is 32.0 Å². The number of aryl methyl sites for hydroxylation is 1. The number of benzene rings is 1. The van der Waals surface area contributed by atoms with Gasteiger partial charge in [-0.1, -0.05) is 11.6 Å². The molecule has 1 aromatic rings. The van der Waals surface area contributed by atoms with Crippen LogP contribution < -0.4 is 15.8 Å². The third kappa shape index (κ3) is 6.23. The van der Waals surface area contributed by atoms with E-state index < -0.39 is 10.0 Å². The lowest BCUT2D eigenvalue weighted by atomic mass is 10.1. The van der Waals surface area contributed by atoms with E-state index in [2.05, 4.69) is 10.0 Å². The molecule has 0 aromatic heterocycles. The molecular weight excluding hydrogens is 302 g/mol. The van der Waals surface area contributed by atoms with Crippen molar-refractivity contribution in [2.75, 3.05) is 24.1 Å². The summed E-state index contributed by atoms with van der Waals surface area (Å²) in [6, 6.07) is 4.96. The highest BCUT2D eigenvalue weighted by Gasteiger charge is 2.13. The van der Waals surface area contributed by atoms with Crippen molar-refractivity contribution in [1.29, 1.82) is 0 Å². The number of amides is 1. The Morgan fingerprint density at radius 1 is 1.35 bits per heavy atom. The minimum absolute atomic E-state index is 0. The van der Waals surface area contributed by atoms with Gasteiger partial charge in [-0.3, -0.25) is 9.52 Å². The highest BCUT2D eigenvalue weighted by Crippen LogP contribution is 2.18. The maximum Gasteiger partial charge on any atom is 0.253 e. The molecule has 1 amide bonds. The molecule has 0 aliphatic rings. The van der Waals surface area contributed by atoms with Crippen molar-refractivity contribution in [3.63, 3.8) is 0 Å². The standard InChI is InChI=1S/C12H19N3O3S.ClH/c1-9-4-5-11(15-19(2,17)18)10(8-9)12(16)14-7-3-6-13;/h4-5,8,15H,3,6-7,13H2,1-2H3,(H,14,16);1H. The number of hydrogen-bond acceptors (Lipinski definition) is 4. The number of carbonyl (C=O) groups excluding carboxylic acids is 1. The van der Waals surface area contributed by atoms with Gasteiger partial charge in [0.2, 0.25) is 10.0 Å². The van der Waals surface area contributed by atoms with E-state index >= 15 is 0 Å². The summed E-state index contributed by atoms with van der Waals surface area (Å²) in [7, 11) is -3.42. The van der Waals surface area contributed by atoms with E-state index in [0.29, 0.717) is 25.1 Å². The molecule has 8 heteroatoms. The van der Waals surface area contributed by atoms with Crippen LogP contribution in [0.4, 0.5) is 5.69 Å². The van der Waals surface area contributed by atoms with Crippen LogP contribution in [0, 0.1) is 6.92 Å². The zero-order valence-electron chi connectivity index (χ0n) is 11.5. The van der Waals surface area contributed by atoms with Crippen molar-refractivity contribution in [1.82, 2.24) is 5.32 Å². The van der Waals surface area contributed by atoms with Crippen LogP contribution in [-0.4, -0.2) is 33.7 Å². The fraction of sp³-hybridized carbons (Fsp3) is 0.417. The number of carbonyl (C=O) groups is 1. The van der Waals surface area contributed by atoms with Gasteiger partial charge in [0.25, 0.3) is 5.91 Å². The number of sulfonamides is 1. The van der Waals surface area contributed by atoms with Crippen molar-refractivity contribution in [3.05, 3.63) is 29.3 Å². The zero-order valence-corrected chi connectivity index (χ0v) is 13.1. The van der Waals surface area contributed by atoms with Crippen molar-refractivity contribution < 1.29 is 13.2 Å². The second-order valence-corrected chi connectivity index (χ2v) is 6.07. The lowest BCUT2D eigenvalue weighted by Crippen LogP contribution is -2.27. The van der Waals surface area contributed by atoms with E-state index in [1.807, 2.05) is 6.92 Å². The fourth-order valence-electron chi connectivity index (χ4n) is 1.53. The molecule has 0 atom stereocenters. The molecule has 0 spiro atoms. The van der Waals surface area contributed by atoms with Crippen LogP contribution in [-0.2, 0) is 10.0 Å². The van der Waals surface area contributed by atoms with Crippen LogP contribution in [0.15, 0.2) is 18.2 Å². The molecule has 0 saturated carbocycles. The van der Waals surface area contributed by atoms with Gasteiger partial charge in [0.15, 0.2) is 0 Å². The first-order valence-electron chi connectivity index (χ1n) is 5.90. The predicted molar refractivity (Wildman–Crippen MR) is 82.9 cm³/mol. The van der Waals surface area contributed by atoms with Crippen LogP contribution in [0.2, 0.25) is 0 Å². The molecule has 0 bridgehead atoms. The number of anilines is 1. The van der Waals surface area contributed by atoms with Crippen LogP contribution in [0.5, 0.6) is 0 Å². The molecule has 0 aliphatic heterocycles. The minimum atomic E-state index is -3.42. The number of hydrogen-bond donors (Lipinski definition) is 3. The Balaban J connectivity index is 0.00000361. The quantitative estimate of drug-likeness (QED) is 0.676. The molecule has 0 fully saturated rings. The van der Waals surface area contributed by atoms with Gasteiger partial charge in [-0.25, -0.2) is 8.42 Å². The molecule has 1 aromatic carbocycles.